The normalized spacial score (nSPS) is 12.2. The minimum Gasteiger partial charge on any atom is -0.289 e. The third kappa shape index (κ3) is 3.31. The van der Waals surface area contributed by atoms with Crippen LogP contribution in [0, 0.1) is 0 Å². The molecular weight excluding hydrogens is 336 g/mol. The molecular formula is C17H16BrClO. The van der Waals surface area contributed by atoms with E-state index in [0.717, 1.165) is 10.9 Å². The van der Waals surface area contributed by atoms with Gasteiger partial charge in [-0.05, 0) is 52.0 Å². The van der Waals surface area contributed by atoms with Gasteiger partial charge in [-0.2, -0.15) is 0 Å². The summed E-state index contributed by atoms with van der Waals surface area (Å²) < 4.78 is 0.794. The average molecular weight is 352 g/mol. The molecule has 2 aromatic rings. The number of hydrogen-bond acceptors (Lipinski definition) is 1. The summed E-state index contributed by atoms with van der Waals surface area (Å²) in [4.78, 5) is 12.4. The summed E-state index contributed by atoms with van der Waals surface area (Å²) in [6.07, 6.45) is 1.09. The zero-order valence-corrected chi connectivity index (χ0v) is 13.8. The number of benzene rings is 2. The molecule has 0 fully saturated rings. The van der Waals surface area contributed by atoms with Crippen molar-refractivity contribution in [2.24, 2.45) is 0 Å². The lowest BCUT2D eigenvalue weighted by molar-refractivity contribution is 0.103. The van der Waals surface area contributed by atoms with Gasteiger partial charge >= 0.3 is 0 Å². The predicted molar refractivity (Wildman–Crippen MR) is 87.7 cm³/mol. The molecule has 2 rings (SSSR count). The van der Waals surface area contributed by atoms with Crippen LogP contribution >= 0.6 is 27.5 Å². The van der Waals surface area contributed by atoms with E-state index in [1.165, 1.54) is 5.56 Å². The number of ketones is 1. The summed E-state index contributed by atoms with van der Waals surface area (Å²) in [6.45, 7) is 4.35. The lowest BCUT2D eigenvalue weighted by atomic mass is 9.95. The van der Waals surface area contributed by atoms with Gasteiger partial charge < -0.3 is 0 Å². The molecule has 0 spiro atoms. The van der Waals surface area contributed by atoms with Gasteiger partial charge in [-0.15, -0.1) is 0 Å². The molecule has 0 aromatic heterocycles. The van der Waals surface area contributed by atoms with Crippen LogP contribution in [-0.4, -0.2) is 5.78 Å². The first kappa shape index (κ1) is 15.3. The van der Waals surface area contributed by atoms with E-state index in [1.54, 1.807) is 18.2 Å². The third-order valence-corrected chi connectivity index (χ3v) is 4.77. The number of halogens is 2. The van der Waals surface area contributed by atoms with Crippen molar-refractivity contribution in [1.82, 2.24) is 0 Å². The van der Waals surface area contributed by atoms with E-state index >= 15 is 0 Å². The highest BCUT2D eigenvalue weighted by Crippen LogP contribution is 2.25. The molecule has 0 saturated carbocycles. The molecule has 0 radical (unpaired) electrons. The van der Waals surface area contributed by atoms with Crippen LogP contribution in [0.15, 0.2) is 46.9 Å². The van der Waals surface area contributed by atoms with Crippen molar-refractivity contribution in [2.75, 3.05) is 0 Å². The van der Waals surface area contributed by atoms with Crippen LogP contribution < -0.4 is 0 Å². The van der Waals surface area contributed by atoms with Gasteiger partial charge in [0.1, 0.15) is 0 Å². The SMILES string of the molecule is CCC(C)c1ccc(C(=O)c2ccc(Br)c(Cl)c2)cc1. The Morgan fingerprint density at radius 1 is 1.15 bits per heavy atom. The fourth-order valence-corrected chi connectivity index (χ4v) is 2.43. The van der Waals surface area contributed by atoms with Gasteiger partial charge in [-0.25, -0.2) is 0 Å². The highest BCUT2D eigenvalue weighted by atomic mass is 79.9. The molecule has 1 nitrogen and oxygen atoms in total. The minimum atomic E-state index is -0.00454. The molecule has 0 aliphatic heterocycles. The van der Waals surface area contributed by atoms with Crippen molar-refractivity contribution in [3.63, 3.8) is 0 Å². The van der Waals surface area contributed by atoms with E-state index < -0.39 is 0 Å². The van der Waals surface area contributed by atoms with Gasteiger partial charge in [-0.3, -0.25) is 4.79 Å². The largest absolute Gasteiger partial charge is 0.289 e. The second-order valence-electron chi connectivity index (χ2n) is 4.89. The number of hydrogen-bond donors (Lipinski definition) is 0. The zero-order chi connectivity index (χ0) is 14.7. The average Bonchev–Trinajstić information content (AvgIpc) is 2.48. The van der Waals surface area contributed by atoms with Crippen molar-refractivity contribution < 1.29 is 4.79 Å². The maximum Gasteiger partial charge on any atom is 0.193 e. The van der Waals surface area contributed by atoms with E-state index in [4.69, 9.17) is 11.6 Å². The van der Waals surface area contributed by atoms with Crippen LogP contribution in [0.4, 0.5) is 0 Å². The van der Waals surface area contributed by atoms with Gasteiger partial charge in [-0.1, -0.05) is 49.7 Å². The molecule has 0 bridgehead atoms. The Bertz CT molecular complexity index is 619. The highest BCUT2D eigenvalue weighted by molar-refractivity contribution is 9.10. The Kier molecular flexibility index (Phi) is 5.00. The van der Waals surface area contributed by atoms with Crippen LogP contribution in [-0.2, 0) is 0 Å². The summed E-state index contributed by atoms with van der Waals surface area (Å²) in [5.74, 6) is 0.511. The summed E-state index contributed by atoms with van der Waals surface area (Å²) in [5, 5.41) is 0.548. The smallest absolute Gasteiger partial charge is 0.193 e. The van der Waals surface area contributed by atoms with Gasteiger partial charge in [0.2, 0.25) is 0 Å². The Balaban J connectivity index is 2.27. The predicted octanol–water partition coefficient (Wildman–Crippen LogP) is 5.85. The zero-order valence-electron chi connectivity index (χ0n) is 11.5. The number of carbonyl (C=O) groups is 1. The van der Waals surface area contributed by atoms with Gasteiger partial charge in [0.05, 0.1) is 5.02 Å². The summed E-state index contributed by atoms with van der Waals surface area (Å²) >= 11 is 9.36. The summed E-state index contributed by atoms with van der Waals surface area (Å²) in [7, 11) is 0. The second-order valence-corrected chi connectivity index (χ2v) is 6.15. The van der Waals surface area contributed by atoms with Crippen molar-refractivity contribution >= 4 is 33.3 Å². The molecule has 1 unspecified atom stereocenters. The maximum absolute atomic E-state index is 12.4. The van der Waals surface area contributed by atoms with Gasteiger partial charge in [0.15, 0.2) is 5.78 Å². The van der Waals surface area contributed by atoms with Crippen LogP contribution in [0.5, 0.6) is 0 Å². The van der Waals surface area contributed by atoms with Crippen LogP contribution in [0.3, 0.4) is 0 Å². The molecule has 0 aliphatic carbocycles. The van der Waals surface area contributed by atoms with Crippen molar-refractivity contribution in [1.29, 1.82) is 0 Å². The van der Waals surface area contributed by atoms with Gasteiger partial charge in [0.25, 0.3) is 0 Å². The Morgan fingerprint density at radius 2 is 1.75 bits per heavy atom. The molecule has 3 heteroatoms. The number of rotatable bonds is 4. The van der Waals surface area contributed by atoms with Crippen LogP contribution in [0.2, 0.25) is 5.02 Å². The highest BCUT2D eigenvalue weighted by Gasteiger charge is 2.11. The summed E-state index contributed by atoms with van der Waals surface area (Å²) in [5.41, 5.74) is 2.56. The molecule has 1 atom stereocenters. The first-order chi connectivity index (χ1) is 9.52. The van der Waals surface area contributed by atoms with E-state index in [-0.39, 0.29) is 5.78 Å². The first-order valence-electron chi connectivity index (χ1n) is 6.62. The quantitative estimate of drug-likeness (QED) is 0.632. The molecule has 0 amide bonds. The topological polar surface area (TPSA) is 17.1 Å². The molecule has 20 heavy (non-hydrogen) atoms. The molecule has 0 N–H and O–H groups in total. The fraction of sp³-hybridized carbons (Fsp3) is 0.235. The molecule has 2 aromatic carbocycles. The monoisotopic (exact) mass is 350 g/mol. The molecule has 0 heterocycles. The molecule has 0 aliphatic rings. The minimum absolute atomic E-state index is 0.00454. The maximum atomic E-state index is 12.4. The van der Waals surface area contributed by atoms with E-state index in [0.29, 0.717) is 22.1 Å². The lowest BCUT2D eigenvalue weighted by Gasteiger charge is -2.09. The van der Waals surface area contributed by atoms with Gasteiger partial charge in [0, 0.05) is 15.6 Å². The van der Waals surface area contributed by atoms with E-state index in [1.807, 2.05) is 24.3 Å². The fourth-order valence-electron chi connectivity index (χ4n) is 2.00. The standard InChI is InChI=1S/C17H16BrClO/c1-3-11(2)12-4-6-13(7-5-12)17(20)14-8-9-15(18)16(19)10-14/h4-11H,3H2,1-2H3. The second kappa shape index (κ2) is 6.55. The van der Waals surface area contributed by atoms with Crippen molar-refractivity contribution in [3.05, 3.63) is 68.7 Å². The third-order valence-electron chi connectivity index (χ3n) is 3.54. The Morgan fingerprint density at radius 3 is 2.30 bits per heavy atom. The van der Waals surface area contributed by atoms with Crippen molar-refractivity contribution in [3.8, 4) is 0 Å². The first-order valence-corrected chi connectivity index (χ1v) is 7.79. The summed E-state index contributed by atoms with van der Waals surface area (Å²) in [6, 6.07) is 13.1. The Labute approximate surface area is 133 Å². The van der Waals surface area contributed by atoms with Crippen LogP contribution in [0.1, 0.15) is 47.7 Å². The van der Waals surface area contributed by atoms with Crippen molar-refractivity contribution in [2.45, 2.75) is 26.2 Å². The van der Waals surface area contributed by atoms with Crippen LogP contribution in [0.25, 0.3) is 0 Å². The lowest BCUT2D eigenvalue weighted by Crippen LogP contribution is -2.02. The van der Waals surface area contributed by atoms with E-state index in [9.17, 15) is 4.79 Å². The molecule has 104 valence electrons. The Hall–Kier alpha value is -1.12. The number of carbonyl (C=O) groups excluding carboxylic acids is 1. The van der Waals surface area contributed by atoms with E-state index in [2.05, 4.69) is 29.8 Å². The molecule has 0 saturated heterocycles.